The molecule has 17 heavy (non-hydrogen) atoms. The summed E-state index contributed by atoms with van der Waals surface area (Å²) < 4.78 is 0. The van der Waals surface area contributed by atoms with E-state index in [1.165, 1.54) is 32.1 Å². The van der Waals surface area contributed by atoms with E-state index < -0.39 is 0 Å². The quantitative estimate of drug-likeness (QED) is 0.564. The maximum Gasteiger partial charge on any atom is -0.00856 e. The van der Waals surface area contributed by atoms with E-state index in [9.17, 15) is 0 Å². The Bertz CT molecular complexity index is 388. The molecule has 0 aromatic rings. The van der Waals surface area contributed by atoms with E-state index in [-0.39, 0.29) is 0 Å². The Morgan fingerprint density at radius 3 is 2.71 bits per heavy atom. The van der Waals surface area contributed by atoms with Crippen molar-refractivity contribution in [2.45, 2.75) is 58.8 Å². The molecule has 0 heteroatoms. The summed E-state index contributed by atoms with van der Waals surface area (Å²) in [6, 6.07) is 0. The van der Waals surface area contributed by atoms with Crippen molar-refractivity contribution in [3.8, 4) is 0 Å². The van der Waals surface area contributed by atoms with Gasteiger partial charge in [-0.3, -0.25) is 0 Å². The first kappa shape index (κ1) is 12.4. The fraction of sp³-hybridized carbons (Fsp3) is 0.529. The van der Waals surface area contributed by atoms with Crippen LogP contribution < -0.4 is 0 Å². The molecule has 0 saturated carbocycles. The maximum atomic E-state index is 2.43. The van der Waals surface area contributed by atoms with Gasteiger partial charge in [-0.15, -0.1) is 0 Å². The first-order valence-electron chi connectivity index (χ1n) is 7.15. The summed E-state index contributed by atoms with van der Waals surface area (Å²) in [4.78, 5) is 0. The highest BCUT2D eigenvalue weighted by Crippen LogP contribution is 2.37. The Labute approximate surface area is 106 Å². The highest BCUT2D eigenvalue weighted by atomic mass is 14.2. The van der Waals surface area contributed by atoms with Gasteiger partial charge in [0.1, 0.15) is 0 Å². The minimum absolute atomic E-state index is 1.15. The molecule has 0 unspecified atom stereocenters. The fourth-order valence-corrected chi connectivity index (χ4v) is 2.82. The summed E-state index contributed by atoms with van der Waals surface area (Å²) in [7, 11) is 0. The van der Waals surface area contributed by atoms with Crippen molar-refractivity contribution in [2.75, 3.05) is 0 Å². The van der Waals surface area contributed by atoms with Crippen LogP contribution in [0, 0.1) is 0 Å². The topological polar surface area (TPSA) is 0 Å². The van der Waals surface area contributed by atoms with E-state index in [2.05, 4.69) is 38.2 Å². The average molecular weight is 228 g/mol. The van der Waals surface area contributed by atoms with Crippen LogP contribution in [0.4, 0.5) is 0 Å². The van der Waals surface area contributed by atoms with Gasteiger partial charge in [-0.2, -0.15) is 0 Å². The van der Waals surface area contributed by atoms with Crippen LogP contribution in [0.1, 0.15) is 58.8 Å². The van der Waals surface area contributed by atoms with Crippen molar-refractivity contribution in [3.05, 3.63) is 46.6 Å². The molecule has 0 aromatic carbocycles. The lowest BCUT2D eigenvalue weighted by Gasteiger charge is -2.12. The fourth-order valence-electron chi connectivity index (χ4n) is 2.82. The molecule has 0 N–H and O–H groups in total. The predicted octanol–water partition coefficient (Wildman–Crippen LogP) is 5.49. The molecule has 2 aliphatic rings. The monoisotopic (exact) mass is 228 g/mol. The van der Waals surface area contributed by atoms with Crippen LogP contribution in [0.25, 0.3) is 0 Å². The lowest BCUT2D eigenvalue weighted by Crippen LogP contribution is -1.94. The minimum atomic E-state index is 1.15. The molecule has 0 saturated heterocycles. The number of rotatable bonds is 6. The number of allylic oxidation sites excluding steroid dienone is 8. The highest BCUT2D eigenvalue weighted by Gasteiger charge is 2.18. The molecule has 92 valence electrons. The zero-order valence-corrected chi connectivity index (χ0v) is 11.3. The van der Waals surface area contributed by atoms with Crippen LogP contribution in [-0.4, -0.2) is 0 Å². The van der Waals surface area contributed by atoms with Crippen molar-refractivity contribution < 1.29 is 0 Å². The molecule has 0 bridgehead atoms. The van der Waals surface area contributed by atoms with Gasteiger partial charge in [0.15, 0.2) is 0 Å². The van der Waals surface area contributed by atoms with E-state index in [1.54, 1.807) is 22.3 Å². The van der Waals surface area contributed by atoms with Gasteiger partial charge in [0, 0.05) is 0 Å². The van der Waals surface area contributed by atoms with Gasteiger partial charge in [-0.05, 0) is 54.4 Å². The zero-order valence-electron chi connectivity index (χ0n) is 11.3. The molecule has 0 aromatic heterocycles. The minimum Gasteiger partial charge on any atom is -0.0798 e. The van der Waals surface area contributed by atoms with Gasteiger partial charge < -0.3 is 0 Å². The summed E-state index contributed by atoms with van der Waals surface area (Å²) >= 11 is 0. The summed E-state index contributed by atoms with van der Waals surface area (Å²) in [6.07, 6.45) is 18.2. The lowest BCUT2D eigenvalue weighted by atomic mass is 9.92. The Morgan fingerprint density at radius 2 is 1.94 bits per heavy atom. The molecule has 2 rings (SSSR count). The Kier molecular flexibility index (Phi) is 4.42. The van der Waals surface area contributed by atoms with Gasteiger partial charge in [0.25, 0.3) is 0 Å². The van der Waals surface area contributed by atoms with E-state index in [4.69, 9.17) is 0 Å². The summed E-state index contributed by atoms with van der Waals surface area (Å²) in [5.74, 6) is 0. The van der Waals surface area contributed by atoms with Gasteiger partial charge in [0.2, 0.25) is 0 Å². The summed E-state index contributed by atoms with van der Waals surface area (Å²) in [5.41, 5.74) is 6.39. The van der Waals surface area contributed by atoms with Crippen LogP contribution >= 0.6 is 0 Å². The lowest BCUT2D eigenvalue weighted by molar-refractivity contribution is 0.792. The summed E-state index contributed by atoms with van der Waals surface area (Å²) in [6.45, 7) is 4.55. The van der Waals surface area contributed by atoms with Crippen molar-refractivity contribution in [1.82, 2.24) is 0 Å². The second kappa shape index (κ2) is 6.05. The molecule has 0 heterocycles. The predicted molar refractivity (Wildman–Crippen MR) is 76.0 cm³/mol. The van der Waals surface area contributed by atoms with E-state index in [0.29, 0.717) is 0 Å². The number of hydrogen-bond donors (Lipinski definition) is 0. The first-order chi connectivity index (χ1) is 8.36. The second-order valence-electron chi connectivity index (χ2n) is 5.05. The van der Waals surface area contributed by atoms with Gasteiger partial charge in [-0.1, -0.05) is 51.0 Å². The SMILES string of the molecule is CCCCC1=CCC=C1C1=C(CCC)C=CC1. The molecular weight excluding hydrogens is 204 g/mol. The Morgan fingerprint density at radius 1 is 1.06 bits per heavy atom. The Balaban J connectivity index is 2.12. The number of unbranched alkanes of at least 4 members (excludes halogenated alkanes) is 1. The molecule has 0 atom stereocenters. The van der Waals surface area contributed by atoms with Gasteiger partial charge >= 0.3 is 0 Å². The van der Waals surface area contributed by atoms with Crippen molar-refractivity contribution in [1.29, 1.82) is 0 Å². The number of hydrogen-bond acceptors (Lipinski definition) is 0. The second-order valence-corrected chi connectivity index (χ2v) is 5.05. The Hall–Kier alpha value is -1.04. The van der Waals surface area contributed by atoms with Crippen molar-refractivity contribution in [3.63, 3.8) is 0 Å². The first-order valence-corrected chi connectivity index (χ1v) is 7.15. The van der Waals surface area contributed by atoms with E-state index in [1.807, 2.05) is 0 Å². The molecular formula is C17H24. The molecule has 0 fully saturated rings. The smallest absolute Gasteiger partial charge is 0.00856 e. The van der Waals surface area contributed by atoms with Gasteiger partial charge in [-0.25, -0.2) is 0 Å². The molecule has 0 radical (unpaired) electrons. The molecule has 0 nitrogen and oxygen atoms in total. The van der Waals surface area contributed by atoms with E-state index >= 15 is 0 Å². The van der Waals surface area contributed by atoms with E-state index in [0.717, 1.165) is 12.8 Å². The molecule has 0 amide bonds. The molecule has 0 spiro atoms. The third-order valence-electron chi connectivity index (χ3n) is 3.70. The van der Waals surface area contributed by atoms with Crippen LogP contribution in [-0.2, 0) is 0 Å². The zero-order chi connectivity index (χ0) is 12.1. The third-order valence-corrected chi connectivity index (χ3v) is 3.70. The van der Waals surface area contributed by atoms with Crippen molar-refractivity contribution in [2.24, 2.45) is 0 Å². The van der Waals surface area contributed by atoms with Crippen LogP contribution in [0.15, 0.2) is 46.6 Å². The normalized spacial score (nSPS) is 18.9. The molecule has 2 aliphatic carbocycles. The third kappa shape index (κ3) is 2.80. The summed E-state index contributed by atoms with van der Waals surface area (Å²) in [5, 5.41) is 0. The van der Waals surface area contributed by atoms with Crippen LogP contribution in [0.2, 0.25) is 0 Å². The van der Waals surface area contributed by atoms with Crippen LogP contribution in [0.3, 0.4) is 0 Å². The van der Waals surface area contributed by atoms with Crippen molar-refractivity contribution >= 4 is 0 Å². The largest absolute Gasteiger partial charge is 0.0798 e. The maximum absolute atomic E-state index is 2.43. The highest BCUT2D eigenvalue weighted by molar-refractivity contribution is 5.56. The average Bonchev–Trinajstić information content (AvgIpc) is 2.94. The molecule has 0 aliphatic heterocycles. The standard InChI is InChI=1S/C17H24/c1-3-5-9-15-11-7-13-17(15)16-12-6-10-14(16)8-4-2/h6,10-11,13H,3-5,7-9,12H2,1-2H3. The van der Waals surface area contributed by atoms with Crippen LogP contribution in [0.5, 0.6) is 0 Å². The van der Waals surface area contributed by atoms with Gasteiger partial charge in [0.05, 0.1) is 0 Å².